The zero-order valence-corrected chi connectivity index (χ0v) is 12.8. The summed E-state index contributed by atoms with van der Waals surface area (Å²) in [5.41, 5.74) is 0. The van der Waals surface area contributed by atoms with Gasteiger partial charge in [-0.1, -0.05) is 19.4 Å². The van der Waals surface area contributed by atoms with Crippen LogP contribution in [-0.4, -0.2) is 33.8 Å². The second-order valence-corrected chi connectivity index (χ2v) is 6.46. The summed E-state index contributed by atoms with van der Waals surface area (Å²) < 4.78 is 32.0. The number of hydrogen-bond acceptors (Lipinski definition) is 4. The Balaban J connectivity index is 2.73. The van der Waals surface area contributed by atoms with Crippen LogP contribution in [0, 0.1) is 5.92 Å². The van der Waals surface area contributed by atoms with Crippen LogP contribution in [0.1, 0.15) is 26.2 Å². The van der Waals surface area contributed by atoms with Gasteiger partial charge in [-0.3, -0.25) is 0 Å². The monoisotopic (exact) mass is 301 g/mol. The van der Waals surface area contributed by atoms with Gasteiger partial charge in [0.25, 0.3) is 0 Å². The van der Waals surface area contributed by atoms with E-state index in [9.17, 15) is 8.42 Å². The van der Waals surface area contributed by atoms with E-state index >= 15 is 0 Å². The third kappa shape index (κ3) is 5.11. The van der Waals surface area contributed by atoms with Crippen molar-refractivity contribution in [1.82, 2.24) is 4.72 Å². The van der Waals surface area contributed by atoms with Gasteiger partial charge in [0.05, 0.1) is 12.0 Å². The first-order valence-corrected chi connectivity index (χ1v) is 8.26. The molecule has 0 radical (unpaired) electrons. The topological polar surface area (TPSA) is 75.6 Å². The lowest BCUT2D eigenvalue weighted by Crippen LogP contribution is -2.30. The highest BCUT2D eigenvalue weighted by atomic mass is 32.2. The molecule has 20 heavy (non-hydrogen) atoms. The summed E-state index contributed by atoms with van der Waals surface area (Å²) in [5.74, 6) is 0.665. The van der Waals surface area contributed by atoms with Gasteiger partial charge in [-0.15, -0.1) is 0 Å². The lowest BCUT2D eigenvalue weighted by atomic mass is 10.0. The summed E-state index contributed by atoms with van der Waals surface area (Å²) in [6, 6.07) is 6.37. The average molecular weight is 301 g/mol. The maximum atomic E-state index is 12.2. The molecular weight excluding hydrogens is 278 g/mol. The van der Waals surface area contributed by atoms with Crippen molar-refractivity contribution in [2.75, 3.05) is 20.3 Å². The molecule has 1 aromatic carbocycles. The van der Waals surface area contributed by atoms with Gasteiger partial charge < -0.3 is 9.84 Å². The van der Waals surface area contributed by atoms with Crippen LogP contribution in [0.2, 0.25) is 0 Å². The maximum absolute atomic E-state index is 12.2. The van der Waals surface area contributed by atoms with Crippen LogP contribution >= 0.6 is 0 Å². The van der Waals surface area contributed by atoms with Crippen LogP contribution in [0.4, 0.5) is 0 Å². The van der Waals surface area contributed by atoms with Crippen molar-refractivity contribution in [3.05, 3.63) is 24.3 Å². The molecule has 1 aromatic rings. The van der Waals surface area contributed by atoms with E-state index in [2.05, 4.69) is 4.72 Å². The van der Waals surface area contributed by atoms with Gasteiger partial charge >= 0.3 is 0 Å². The number of ether oxygens (including phenoxy) is 1. The van der Waals surface area contributed by atoms with Crippen LogP contribution in [0.15, 0.2) is 29.2 Å². The fourth-order valence-corrected chi connectivity index (χ4v) is 3.17. The Bertz CT molecular complexity index is 496. The van der Waals surface area contributed by atoms with Gasteiger partial charge in [0.2, 0.25) is 10.0 Å². The molecule has 0 aliphatic carbocycles. The van der Waals surface area contributed by atoms with Gasteiger partial charge in [0.1, 0.15) is 5.75 Å². The van der Waals surface area contributed by atoms with Crippen molar-refractivity contribution in [2.45, 2.75) is 31.1 Å². The zero-order chi connectivity index (χ0) is 15.0. The Kier molecular flexibility index (Phi) is 6.98. The van der Waals surface area contributed by atoms with Gasteiger partial charge in [0, 0.05) is 19.2 Å². The Morgan fingerprint density at radius 2 is 2.10 bits per heavy atom. The van der Waals surface area contributed by atoms with Gasteiger partial charge in [0.15, 0.2) is 0 Å². The molecule has 114 valence electrons. The van der Waals surface area contributed by atoms with Crippen molar-refractivity contribution in [1.29, 1.82) is 0 Å². The van der Waals surface area contributed by atoms with E-state index in [0.717, 1.165) is 12.8 Å². The second-order valence-electron chi connectivity index (χ2n) is 4.70. The van der Waals surface area contributed by atoms with Gasteiger partial charge in [-0.2, -0.15) is 0 Å². The minimum Gasteiger partial charge on any atom is -0.497 e. The SMILES string of the molecule is CCCC(CCO)CNS(=O)(=O)c1cccc(OC)c1. The first kappa shape index (κ1) is 16.9. The molecule has 0 bridgehead atoms. The van der Waals surface area contributed by atoms with Crippen molar-refractivity contribution < 1.29 is 18.3 Å². The predicted molar refractivity (Wildman–Crippen MR) is 78.3 cm³/mol. The van der Waals surface area contributed by atoms with Crippen molar-refractivity contribution in [3.63, 3.8) is 0 Å². The molecule has 0 amide bonds. The summed E-state index contributed by atoms with van der Waals surface area (Å²) >= 11 is 0. The number of nitrogens with one attached hydrogen (secondary N) is 1. The van der Waals surface area contributed by atoms with Crippen molar-refractivity contribution in [3.8, 4) is 5.75 Å². The van der Waals surface area contributed by atoms with Crippen molar-refractivity contribution in [2.24, 2.45) is 5.92 Å². The standard InChI is InChI=1S/C14H23NO4S/c1-3-5-12(8-9-16)11-15-20(17,18)14-7-4-6-13(10-14)19-2/h4,6-7,10,12,15-16H,3,5,8-9,11H2,1-2H3. The number of aliphatic hydroxyl groups excluding tert-OH is 1. The van der Waals surface area contributed by atoms with E-state index in [0.29, 0.717) is 18.7 Å². The fraction of sp³-hybridized carbons (Fsp3) is 0.571. The highest BCUT2D eigenvalue weighted by Crippen LogP contribution is 2.17. The Morgan fingerprint density at radius 3 is 2.70 bits per heavy atom. The summed E-state index contributed by atoms with van der Waals surface area (Å²) in [7, 11) is -2.04. The molecule has 1 rings (SSSR count). The molecule has 0 saturated heterocycles. The summed E-state index contributed by atoms with van der Waals surface area (Å²) in [6.45, 7) is 2.46. The largest absolute Gasteiger partial charge is 0.497 e. The molecule has 0 heterocycles. The summed E-state index contributed by atoms with van der Waals surface area (Å²) in [6.07, 6.45) is 2.46. The van der Waals surface area contributed by atoms with Gasteiger partial charge in [-0.05, 0) is 30.9 Å². The molecule has 0 aliphatic rings. The smallest absolute Gasteiger partial charge is 0.240 e. The number of methoxy groups -OCH3 is 1. The first-order valence-electron chi connectivity index (χ1n) is 6.78. The lowest BCUT2D eigenvalue weighted by Gasteiger charge is -2.16. The van der Waals surface area contributed by atoms with E-state index in [-0.39, 0.29) is 17.4 Å². The highest BCUT2D eigenvalue weighted by Gasteiger charge is 2.17. The molecule has 6 heteroatoms. The minimum atomic E-state index is -3.54. The fourth-order valence-electron chi connectivity index (χ4n) is 2.02. The third-order valence-corrected chi connectivity index (χ3v) is 4.57. The summed E-state index contributed by atoms with van der Waals surface area (Å²) in [4.78, 5) is 0.191. The third-order valence-electron chi connectivity index (χ3n) is 3.15. The van der Waals surface area contributed by atoms with Crippen LogP contribution in [-0.2, 0) is 10.0 Å². The highest BCUT2D eigenvalue weighted by molar-refractivity contribution is 7.89. The molecule has 0 saturated carbocycles. The van der Waals surface area contributed by atoms with Crippen LogP contribution in [0.3, 0.4) is 0 Å². The van der Waals surface area contributed by atoms with E-state index in [4.69, 9.17) is 9.84 Å². The molecule has 1 atom stereocenters. The predicted octanol–water partition coefficient (Wildman–Crippen LogP) is 1.77. The van der Waals surface area contributed by atoms with Crippen LogP contribution in [0.25, 0.3) is 0 Å². The molecular formula is C14H23NO4S. The van der Waals surface area contributed by atoms with E-state index < -0.39 is 10.0 Å². The number of rotatable bonds is 9. The van der Waals surface area contributed by atoms with Gasteiger partial charge in [-0.25, -0.2) is 13.1 Å². The molecule has 0 fully saturated rings. The first-order chi connectivity index (χ1) is 9.53. The number of benzene rings is 1. The van der Waals surface area contributed by atoms with Crippen LogP contribution < -0.4 is 9.46 Å². The van der Waals surface area contributed by atoms with Crippen LogP contribution in [0.5, 0.6) is 5.75 Å². The molecule has 0 aromatic heterocycles. The number of hydrogen-bond donors (Lipinski definition) is 2. The number of aliphatic hydroxyl groups is 1. The molecule has 0 aliphatic heterocycles. The Labute approximate surface area is 121 Å². The van der Waals surface area contributed by atoms with E-state index in [1.54, 1.807) is 12.1 Å². The maximum Gasteiger partial charge on any atom is 0.240 e. The average Bonchev–Trinajstić information content (AvgIpc) is 2.45. The van der Waals surface area contributed by atoms with E-state index in [1.165, 1.54) is 19.2 Å². The Morgan fingerprint density at radius 1 is 1.35 bits per heavy atom. The summed E-state index contributed by atoms with van der Waals surface area (Å²) in [5, 5.41) is 8.98. The second kappa shape index (κ2) is 8.24. The quantitative estimate of drug-likeness (QED) is 0.729. The Hall–Kier alpha value is -1.11. The molecule has 2 N–H and O–H groups in total. The molecule has 1 unspecified atom stereocenters. The molecule has 5 nitrogen and oxygen atoms in total. The van der Waals surface area contributed by atoms with Crippen molar-refractivity contribution >= 4 is 10.0 Å². The van der Waals surface area contributed by atoms with E-state index in [1.807, 2.05) is 6.92 Å². The normalized spacial score (nSPS) is 13.2. The number of sulfonamides is 1. The minimum absolute atomic E-state index is 0.0750. The lowest BCUT2D eigenvalue weighted by molar-refractivity contribution is 0.251. The molecule has 0 spiro atoms. The zero-order valence-electron chi connectivity index (χ0n) is 12.0.